The topological polar surface area (TPSA) is 21.3 Å². The standard InChI is InChI=1S/C18H33NO/c1-5-8-9-10-17(19-15-6-2)18(20-7-3)13-11-16(4)12-14-18/h16-17,19H,6-7,9-15H2,1-4H3. The first-order valence-electron chi connectivity index (χ1n) is 8.45. The third-order valence-corrected chi connectivity index (χ3v) is 4.56. The number of hydrogen-bond donors (Lipinski definition) is 1. The minimum atomic E-state index is 0.0475. The van der Waals surface area contributed by atoms with Gasteiger partial charge in [0.05, 0.1) is 5.60 Å². The lowest BCUT2D eigenvalue weighted by Gasteiger charge is -2.45. The molecular weight excluding hydrogens is 246 g/mol. The van der Waals surface area contributed by atoms with Crippen molar-refractivity contribution in [2.75, 3.05) is 13.2 Å². The Balaban J connectivity index is 2.75. The van der Waals surface area contributed by atoms with Gasteiger partial charge in [0.2, 0.25) is 0 Å². The van der Waals surface area contributed by atoms with Crippen molar-refractivity contribution < 1.29 is 4.74 Å². The number of rotatable bonds is 8. The lowest BCUT2D eigenvalue weighted by molar-refractivity contribution is -0.0974. The van der Waals surface area contributed by atoms with Gasteiger partial charge in [-0.2, -0.15) is 0 Å². The molecule has 0 saturated heterocycles. The van der Waals surface area contributed by atoms with Crippen LogP contribution in [0.3, 0.4) is 0 Å². The third kappa shape index (κ3) is 5.11. The molecule has 0 aromatic carbocycles. The van der Waals surface area contributed by atoms with Gasteiger partial charge in [-0.15, -0.1) is 11.8 Å². The average Bonchev–Trinajstić information content (AvgIpc) is 2.46. The quantitative estimate of drug-likeness (QED) is 0.674. The van der Waals surface area contributed by atoms with E-state index < -0.39 is 0 Å². The van der Waals surface area contributed by atoms with E-state index in [-0.39, 0.29) is 5.60 Å². The van der Waals surface area contributed by atoms with Crippen molar-refractivity contribution in [1.82, 2.24) is 5.32 Å². The molecule has 0 aromatic heterocycles. The second kappa shape index (κ2) is 9.42. The summed E-state index contributed by atoms with van der Waals surface area (Å²) in [5.74, 6) is 7.08. The van der Waals surface area contributed by atoms with Gasteiger partial charge < -0.3 is 10.1 Å². The minimum Gasteiger partial charge on any atom is -0.374 e. The van der Waals surface area contributed by atoms with Crippen molar-refractivity contribution >= 4 is 0 Å². The summed E-state index contributed by atoms with van der Waals surface area (Å²) in [6.07, 6.45) is 8.24. The first-order valence-corrected chi connectivity index (χ1v) is 8.45. The van der Waals surface area contributed by atoms with Crippen LogP contribution >= 0.6 is 0 Å². The normalized spacial score (nSPS) is 27.7. The van der Waals surface area contributed by atoms with Crippen molar-refractivity contribution in [2.24, 2.45) is 5.92 Å². The Morgan fingerprint density at radius 3 is 2.55 bits per heavy atom. The average molecular weight is 279 g/mol. The summed E-state index contributed by atoms with van der Waals surface area (Å²) in [6, 6.07) is 0.454. The maximum absolute atomic E-state index is 6.30. The van der Waals surface area contributed by atoms with Crippen molar-refractivity contribution in [1.29, 1.82) is 0 Å². The monoisotopic (exact) mass is 279 g/mol. The van der Waals surface area contributed by atoms with E-state index in [0.29, 0.717) is 6.04 Å². The van der Waals surface area contributed by atoms with Crippen LogP contribution < -0.4 is 5.32 Å². The summed E-state index contributed by atoms with van der Waals surface area (Å²) in [5.41, 5.74) is 0.0475. The molecule has 1 N–H and O–H groups in total. The Bertz CT molecular complexity index is 307. The highest BCUT2D eigenvalue weighted by atomic mass is 16.5. The second-order valence-corrected chi connectivity index (χ2v) is 6.15. The van der Waals surface area contributed by atoms with Crippen molar-refractivity contribution in [3.8, 4) is 11.8 Å². The Labute approximate surface area is 126 Å². The number of ether oxygens (including phenoxy) is 1. The SMILES string of the molecule is CC#CCCC(NCCC)C1(OCC)CCC(C)CC1. The van der Waals surface area contributed by atoms with Crippen molar-refractivity contribution in [3.05, 3.63) is 0 Å². The van der Waals surface area contributed by atoms with Crippen LogP contribution in [0.5, 0.6) is 0 Å². The predicted octanol–water partition coefficient (Wildman–Crippen LogP) is 4.14. The van der Waals surface area contributed by atoms with Gasteiger partial charge in [-0.05, 0) is 64.8 Å². The molecule has 0 radical (unpaired) electrons. The lowest BCUT2D eigenvalue weighted by Crippen LogP contribution is -2.54. The molecule has 0 heterocycles. The summed E-state index contributed by atoms with van der Waals surface area (Å²) in [4.78, 5) is 0. The van der Waals surface area contributed by atoms with Crippen LogP contribution in [-0.2, 0) is 4.74 Å². The minimum absolute atomic E-state index is 0.0475. The molecule has 0 aromatic rings. The molecule has 0 bridgehead atoms. The van der Waals surface area contributed by atoms with Crippen molar-refractivity contribution in [3.63, 3.8) is 0 Å². The molecule has 2 nitrogen and oxygen atoms in total. The number of hydrogen-bond acceptors (Lipinski definition) is 2. The molecule has 0 amide bonds. The molecule has 1 aliphatic carbocycles. The summed E-state index contributed by atoms with van der Waals surface area (Å²) >= 11 is 0. The van der Waals surface area contributed by atoms with Gasteiger partial charge in [0.15, 0.2) is 0 Å². The smallest absolute Gasteiger partial charge is 0.0835 e. The highest BCUT2D eigenvalue weighted by Crippen LogP contribution is 2.38. The number of nitrogens with one attached hydrogen (secondary N) is 1. The van der Waals surface area contributed by atoms with Gasteiger partial charge in [-0.3, -0.25) is 0 Å². The van der Waals surface area contributed by atoms with E-state index in [1.807, 2.05) is 6.92 Å². The van der Waals surface area contributed by atoms with Crippen LogP contribution in [0, 0.1) is 17.8 Å². The van der Waals surface area contributed by atoms with E-state index in [1.165, 1.54) is 32.1 Å². The fourth-order valence-electron chi connectivity index (χ4n) is 3.34. The first-order chi connectivity index (χ1) is 9.68. The van der Waals surface area contributed by atoms with Gasteiger partial charge in [0, 0.05) is 19.1 Å². The van der Waals surface area contributed by atoms with Crippen LogP contribution in [0.25, 0.3) is 0 Å². The Morgan fingerprint density at radius 1 is 1.30 bits per heavy atom. The van der Waals surface area contributed by atoms with Crippen molar-refractivity contribution in [2.45, 2.75) is 84.3 Å². The van der Waals surface area contributed by atoms with E-state index in [2.05, 4.69) is 37.9 Å². The maximum Gasteiger partial charge on any atom is 0.0835 e. The summed E-state index contributed by atoms with van der Waals surface area (Å²) in [7, 11) is 0. The fraction of sp³-hybridized carbons (Fsp3) is 0.889. The van der Waals surface area contributed by atoms with Gasteiger partial charge in [-0.25, -0.2) is 0 Å². The highest BCUT2D eigenvalue weighted by Gasteiger charge is 2.41. The van der Waals surface area contributed by atoms with E-state index in [0.717, 1.165) is 31.9 Å². The zero-order chi connectivity index (χ0) is 14.8. The third-order valence-electron chi connectivity index (χ3n) is 4.56. The molecule has 1 aliphatic rings. The van der Waals surface area contributed by atoms with Crippen LogP contribution in [0.15, 0.2) is 0 Å². The van der Waals surface area contributed by atoms with Gasteiger partial charge >= 0.3 is 0 Å². The zero-order valence-corrected chi connectivity index (χ0v) is 13.9. The molecular formula is C18H33NO. The van der Waals surface area contributed by atoms with E-state index in [9.17, 15) is 0 Å². The second-order valence-electron chi connectivity index (χ2n) is 6.15. The largest absolute Gasteiger partial charge is 0.374 e. The molecule has 0 spiro atoms. The predicted molar refractivity (Wildman–Crippen MR) is 86.8 cm³/mol. The van der Waals surface area contributed by atoms with E-state index in [4.69, 9.17) is 4.74 Å². The summed E-state index contributed by atoms with van der Waals surface area (Å²) < 4.78 is 6.30. The fourth-order valence-corrected chi connectivity index (χ4v) is 3.34. The van der Waals surface area contributed by atoms with Crippen LogP contribution in [-0.4, -0.2) is 24.8 Å². The molecule has 1 rings (SSSR count). The molecule has 116 valence electrons. The maximum atomic E-state index is 6.30. The van der Waals surface area contributed by atoms with Crippen LogP contribution in [0.4, 0.5) is 0 Å². The van der Waals surface area contributed by atoms with Crippen LogP contribution in [0.1, 0.15) is 72.6 Å². The molecule has 1 saturated carbocycles. The Hall–Kier alpha value is -0.520. The Morgan fingerprint density at radius 2 is 2.00 bits per heavy atom. The van der Waals surface area contributed by atoms with Crippen LogP contribution in [0.2, 0.25) is 0 Å². The molecule has 20 heavy (non-hydrogen) atoms. The van der Waals surface area contributed by atoms with Gasteiger partial charge in [-0.1, -0.05) is 13.8 Å². The summed E-state index contributed by atoms with van der Waals surface area (Å²) in [5, 5.41) is 3.75. The highest BCUT2D eigenvalue weighted by molar-refractivity contribution is 5.01. The van der Waals surface area contributed by atoms with E-state index in [1.54, 1.807) is 0 Å². The van der Waals surface area contributed by atoms with Gasteiger partial charge in [0.25, 0.3) is 0 Å². The lowest BCUT2D eigenvalue weighted by atomic mass is 9.74. The zero-order valence-electron chi connectivity index (χ0n) is 13.9. The molecule has 1 fully saturated rings. The molecule has 1 atom stereocenters. The molecule has 2 heteroatoms. The van der Waals surface area contributed by atoms with Gasteiger partial charge in [0.1, 0.15) is 0 Å². The summed E-state index contributed by atoms with van der Waals surface area (Å²) in [6.45, 7) is 10.5. The van der Waals surface area contributed by atoms with E-state index >= 15 is 0 Å². The Kier molecular flexibility index (Phi) is 8.26. The molecule has 0 aliphatic heterocycles. The first kappa shape index (κ1) is 17.5. The molecule has 1 unspecified atom stereocenters.